The van der Waals surface area contributed by atoms with Crippen LogP contribution in [0.15, 0.2) is 42.5 Å². The fourth-order valence-electron chi connectivity index (χ4n) is 2.33. The molecule has 0 N–H and O–H groups in total. The van der Waals surface area contributed by atoms with Gasteiger partial charge in [-0.2, -0.15) is 30.7 Å². The summed E-state index contributed by atoms with van der Waals surface area (Å²) in [6, 6.07) is 7.05. The Bertz CT molecular complexity index is 802. The molecule has 3 nitrogen and oxygen atoms in total. The zero-order chi connectivity index (χ0) is 20.9. The Hall–Kier alpha value is -2.78. The maximum Gasteiger partial charge on any atom is 0.416 e. The van der Waals surface area contributed by atoms with Crippen molar-refractivity contribution in [2.45, 2.75) is 32.2 Å². The first-order valence-corrected chi connectivity index (χ1v) is 7.79. The highest BCUT2D eigenvalue weighted by Crippen LogP contribution is 2.32. The summed E-state index contributed by atoms with van der Waals surface area (Å²) in [4.78, 5) is 12.2. The molecule has 0 amide bonds. The number of hydrogen-bond donors (Lipinski definition) is 0. The Morgan fingerprint density at radius 1 is 0.857 bits per heavy atom. The van der Waals surface area contributed by atoms with Crippen molar-refractivity contribution in [1.29, 1.82) is 0 Å². The molecule has 0 aliphatic carbocycles. The number of aryl methyl sites for hydroxylation is 1. The Morgan fingerprint density at radius 3 is 1.96 bits per heavy atom. The molecule has 28 heavy (non-hydrogen) atoms. The van der Waals surface area contributed by atoms with Crippen molar-refractivity contribution in [3.63, 3.8) is 0 Å². The fourth-order valence-corrected chi connectivity index (χ4v) is 2.33. The van der Waals surface area contributed by atoms with Crippen LogP contribution < -0.4 is 9.47 Å². The summed E-state index contributed by atoms with van der Waals surface area (Å²) >= 11 is 0. The lowest BCUT2D eigenvalue weighted by Gasteiger charge is -2.13. The summed E-state index contributed by atoms with van der Waals surface area (Å²) in [5.74, 6) is -1.92. The Kier molecular flexibility index (Phi) is 6.87. The van der Waals surface area contributed by atoms with Crippen LogP contribution in [-0.2, 0) is 12.6 Å². The van der Waals surface area contributed by atoms with Crippen molar-refractivity contribution in [3.05, 3.63) is 59.2 Å². The molecular weight excluding hydrogens is 397 g/mol. The number of alkyl halides is 7. The van der Waals surface area contributed by atoms with Crippen LogP contribution in [0.25, 0.3) is 0 Å². The minimum atomic E-state index is -4.47. The Morgan fingerprint density at radius 2 is 1.43 bits per heavy atom. The van der Waals surface area contributed by atoms with Crippen LogP contribution in [0.3, 0.4) is 0 Å². The summed E-state index contributed by atoms with van der Waals surface area (Å²) in [5.41, 5.74) is -0.460. The quantitative estimate of drug-likeness (QED) is 0.412. The number of halogens is 7. The molecule has 10 heteroatoms. The van der Waals surface area contributed by atoms with Gasteiger partial charge in [0.2, 0.25) is 0 Å². The highest BCUT2D eigenvalue weighted by Gasteiger charge is 2.29. The molecule has 0 radical (unpaired) electrons. The normalized spacial score (nSPS) is 11.8. The van der Waals surface area contributed by atoms with Crippen molar-refractivity contribution in [2.75, 3.05) is 0 Å². The fraction of sp³-hybridized carbons (Fsp3) is 0.278. The first-order valence-electron chi connectivity index (χ1n) is 7.79. The minimum Gasteiger partial charge on any atom is -0.431 e. The van der Waals surface area contributed by atoms with Gasteiger partial charge < -0.3 is 9.47 Å². The number of benzene rings is 2. The van der Waals surface area contributed by atoms with Gasteiger partial charge in [0.05, 0.1) is 5.56 Å². The van der Waals surface area contributed by atoms with E-state index in [-0.39, 0.29) is 18.4 Å². The molecule has 2 aromatic carbocycles. The first-order chi connectivity index (χ1) is 13.1. The number of ether oxygens (including phenoxy) is 2. The topological polar surface area (TPSA) is 35.5 Å². The molecule has 0 saturated carbocycles. The van der Waals surface area contributed by atoms with Crippen molar-refractivity contribution < 1.29 is 45.0 Å². The van der Waals surface area contributed by atoms with Crippen LogP contribution >= 0.6 is 0 Å². The molecule has 2 rings (SSSR count). The summed E-state index contributed by atoms with van der Waals surface area (Å²) in [6.45, 7) is -6.60. The number of Topliss-reactive ketones (excluding diaryl/α,β-unsaturated/α-hetero) is 1. The van der Waals surface area contributed by atoms with Gasteiger partial charge >= 0.3 is 19.4 Å². The van der Waals surface area contributed by atoms with E-state index in [4.69, 9.17) is 0 Å². The van der Waals surface area contributed by atoms with E-state index in [1.807, 2.05) is 0 Å². The Labute approximate surface area is 154 Å². The molecule has 0 spiro atoms. The van der Waals surface area contributed by atoms with Crippen LogP contribution in [-0.4, -0.2) is 19.0 Å². The van der Waals surface area contributed by atoms with Gasteiger partial charge in [0.15, 0.2) is 17.3 Å². The third-order valence-corrected chi connectivity index (χ3v) is 3.62. The average molecular weight is 410 g/mol. The molecule has 0 atom stereocenters. The van der Waals surface area contributed by atoms with Crippen molar-refractivity contribution in [1.82, 2.24) is 0 Å². The summed E-state index contributed by atoms with van der Waals surface area (Å²) in [5, 5.41) is 0. The van der Waals surface area contributed by atoms with Gasteiger partial charge in [0.25, 0.3) is 0 Å². The number of carbonyl (C=O) groups is 1. The van der Waals surface area contributed by atoms with Gasteiger partial charge in [-0.05, 0) is 42.3 Å². The van der Waals surface area contributed by atoms with Crippen LogP contribution in [0, 0.1) is 0 Å². The van der Waals surface area contributed by atoms with Crippen molar-refractivity contribution in [2.24, 2.45) is 0 Å². The molecule has 0 fully saturated rings. The smallest absolute Gasteiger partial charge is 0.416 e. The van der Waals surface area contributed by atoms with E-state index in [1.165, 1.54) is 12.1 Å². The van der Waals surface area contributed by atoms with E-state index >= 15 is 0 Å². The standard InChI is InChI=1S/C18H13F7O3/c19-16(20)27-14-8-4-11(9-15(14)28-17(21)22)13(26)7-3-10-1-5-12(6-2-10)18(23,24)25/h1-2,4-6,8-9,16-17H,3,7H2. The lowest BCUT2D eigenvalue weighted by atomic mass is 10.0. The summed E-state index contributed by atoms with van der Waals surface area (Å²) in [7, 11) is 0. The van der Waals surface area contributed by atoms with Gasteiger partial charge in [-0.3, -0.25) is 4.79 Å². The van der Waals surface area contributed by atoms with Crippen LogP contribution in [0.1, 0.15) is 27.9 Å². The van der Waals surface area contributed by atoms with E-state index in [9.17, 15) is 35.5 Å². The SMILES string of the molecule is O=C(CCc1ccc(C(F)(F)F)cc1)c1ccc(OC(F)F)c(OC(F)F)c1. The number of carbonyl (C=O) groups excluding carboxylic acids is 1. The van der Waals surface area contributed by atoms with Crippen LogP contribution in [0.4, 0.5) is 30.7 Å². The second-order valence-electron chi connectivity index (χ2n) is 5.54. The van der Waals surface area contributed by atoms with Gasteiger partial charge in [-0.15, -0.1) is 0 Å². The van der Waals surface area contributed by atoms with Crippen LogP contribution in [0.2, 0.25) is 0 Å². The van der Waals surface area contributed by atoms with E-state index in [1.54, 1.807) is 0 Å². The molecule has 152 valence electrons. The molecule has 2 aromatic rings. The molecule has 0 unspecified atom stereocenters. The molecule has 0 bridgehead atoms. The lowest BCUT2D eigenvalue weighted by molar-refractivity contribution is -0.137. The molecular formula is C18H13F7O3. The average Bonchev–Trinajstić information content (AvgIpc) is 2.60. The highest BCUT2D eigenvalue weighted by atomic mass is 19.4. The maximum atomic E-state index is 12.5. The van der Waals surface area contributed by atoms with Crippen molar-refractivity contribution >= 4 is 5.78 Å². The van der Waals surface area contributed by atoms with E-state index < -0.39 is 42.2 Å². The summed E-state index contributed by atoms with van der Waals surface area (Å²) in [6.07, 6.45) is -4.52. The van der Waals surface area contributed by atoms with Crippen LogP contribution in [0.5, 0.6) is 11.5 Å². The molecule has 0 aliphatic rings. The number of rotatable bonds is 8. The monoisotopic (exact) mass is 410 g/mol. The predicted octanol–water partition coefficient (Wildman–Crippen LogP) is 5.72. The van der Waals surface area contributed by atoms with Gasteiger partial charge in [-0.1, -0.05) is 12.1 Å². The van der Waals surface area contributed by atoms with Gasteiger partial charge in [0, 0.05) is 12.0 Å². The largest absolute Gasteiger partial charge is 0.431 e. The van der Waals surface area contributed by atoms with E-state index in [2.05, 4.69) is 9.47 Å². The molecule has 0 aliphatic heterocycles. The summed E-state index contributed by atoms with van der Waals surface area (Å²) < 4.78 is 95.2. The maximum absolute atomic E-state index is 12.5. The van der Waals surface area contributed by atoms with E-state index in [0.717, 1.165) is 30.3 Å². The molecule has 0 heterocycles. The predicted molar refractivity (Wildman–Crippen MR) is 83.8 cm³/mol. The zero-order valence-electron chi connectivity index (χ0n) is 14.0. The molecule has 0 aromatic heterocycles. The second kappa shape index (κ2) is 8.94. The Balaban J connectivity index is 2.09. The highest BCUT2D eigenvalue weighted by molar-refractivity contribution is 5.96. The van der Waals surface area contributed by atoms with Gasteiger partial charge in [-0.25, -0.2) is 0 Å². The minimum absolute atomic E-state index is 0.0934. The number of hydrogen-bond acceptors (Lipinski definition) is 3. The van der Waals surface area contributed by atoms with Gasteiger partial charge in [0.1, 0.15) is 0 Å². The molecule has 0 saturated heterocycles. The number of ketones is 1. The van der Waals surface area contributed by atoms with Crippen molar-refractivity contribution in [3.8, 4) is 11.5 Å². The second-order valence-corrected chi connectivity index (χ2v) is 5.54. The van der Waals surface area contributed by atoms with E-state index in [0.29, 0.717) is 5.56 Å². The third-order valence-electron chi connectivity index (χ3n) is 3.62. The zero-order valence-corrected chi connectivity index (χ0v) is 14.0. The third kappa shape index (κ3) is 6.14. The lowest BCUT2D eigenvalue weighted by Crippen LogP contribution is -2.09. The first kappa shape index (κ1) is 21.5.